The molecule has 114 valence electrons. The summed E-state index contributed by atoms with van der Waals surface area (Å²) in [5, 5.41) is 7.86. The zero-order valence-corrected chi connectivity index (χ0v) is 10.3. The topological polar surface area (TPSA) is 40.7 Å². The molecule has 0 fully saturated rings. The molecule has 2 aromatic rings. The van der Waals surface area contributed by atoms with Gasteiger partial charge in [0.15, 0.2) is 5.69 Å². The van der Waals surface area contributed by atoms with E-state index < -0.39 is 23.6 Å². The second-order valence-corrected chi connectivity index (χ2v) is 4.21. The van der Waals surface area contributed by atoms with E-state index in [2.05, 4.69) is 15.5 Å². The Balaban J connectivity index is 2.05. The fourth-order valence-electron chi connectivity index (χ4n) is 1.60. The number of anilines is 1. The normalized spacial score (nSPS) is 12.5. The number of aromatic amines is 1. The van der Waals surface area contributed by atoms with Gasteiger partial charge in [-0.3, -0.25) is 5.10 Å². The summed E-state index contributed by atoms with van der Waals surface area (Å²) in [5.74, 6) is 0. The molecule has 2 rings (SSSR count). The smallest absolute Gasteiger partial charge is 0.379 e. The van der Waals surface area contributed by atoms with Crippen LogP contribution in [0.3, 0.4) is 0 Å². The van der Waals surface area contributed by atoms with Crippen molar-refractivity contribution in [3.8, 4) is 0 Å². The van der Waals surface area contributed by atoms with Gasteiger partial charge in [0.25, 0.3) is 0 Å². The fourth-order valence-corrected chi connectivity index (χ4v) is 1.60. The van der Waals surface area contributed by atoms with Gasteiger partial charge in [0.05, 0.1) is 17.8 Å². The zero-order valence-electron chi connectivity index (χ0n) is 10.3. The first-order valence-corrected chi connectivity index (χ1v) is 5.69. The number of nitrogens with zero attached hydrogens (tertiary/aromatic N) is 1. The zero-order chi connectivity index (χ0) is 15.7. The van der Waals surface area contributed by atoms with Gasteiger partial charge in [-0.2, -0.15) is 31.4 Å². The third-order valence-electron chi connectivity index (χ3n) is 2.59. The minimum Gasteiger partial charge on any atom is -0.379 e. The number of nitrogens with one attached hydrogen (secondary N) is 2. The van der Waals surface area contributed by atoms with Crippen molar-refractivity contribution in [3.63, 3.8) is 0 Å². The lowest BCUT2D eigenvalue weighted by molar-refractivity contribution is -0.141. The lowest BCUT2D eigenvalue weighted by Gasteiger charge is -2.09. The van der Waals surface area contributed by atoms with Crippen LogP contribution in [0.4, 0.5) is 32.0 Å². The number of H-pyrrole nitrogens is 1. The number of alkyl halides is 6. The van der Waals surface area contributed by atoms with Crippen molar-refractivity contribution in [2.24, 2.45) is 0 Å². The summed E-state index contributed by atoms with van der Waals surface area (Å²) in [7, 11) is 0. The van der Waals surface area contributed by atoms with E-state index in [1.165, 1.54) is 12.1 Å². The van der Waals surface area contributed by atoms with Crippen molar-refractivity contribution in [3.05, 3.63) is 47.3 Å². The van der Waals surface area contributed by atoms with E-state index in [4.69, 9.17) is 0 Å². The Labute approximate surface area is 115 Å². The number of hydrogen-bond donors (Lipinski definition) is 2. The molecular weight excluding hydrogens is 300 g/mol. The standard InChI is InChI=1S/C12H9F6N3/c13-11(14,15)7-2-1-3-8(4-7)19-6-9-5-10(21-20-9)12(16,17)18/h1-5,19H,6H2,(H,20,21). The Morgan fingerprint density at radius 1 is 1.00 bits per heavy atom. The number of aromatic nitrogens is 2. The minimum atomic E-state index is -4.56. The van der Waals surface area contributed by atoms with Crippen LogP contribution in [0.15, 0.2) is 30.3 Å². The van der Waals surface area contributed by atoms with E-state index in [0.29, 0.717) is 0 Å². The summed E-state index contributed by atoms with van der Waals surface area (Å²) < 4.78 is 74.5. The average Bonchev–Trinajstić information content (AvgIpc) is 2.84. The van der Waals surface area contributed by atoms with Crippen LogP contribution in [0.25, 0.3) is 0 Å². The van der Waals surface area contributed by atoms with E-state index in [1.54, 1.807) is 0 Å². The first-order valence-electron chi connectivity index (χ1n) is 5.69. The number of hydrogen-bond acceptors (Lipinski definition) is 2. The lowest BCUT2D eigenvalue weighted by Crippen LogP contribution is -2.06. The third-order valence-corrected chi connectivity index (χ3v) is 2.59. The molecule has 3 nitrogen and oxygen atoms in total. The van der Waals surface area contributed by atoms with Gasteiger partial charge >= 0.3 is 12.4 Å². The van der Waals surface area contributed by atoms with Crippen molar-refractivity contribution in [2.75, 3.05) is 5.32 Å². The summed E-state index contributed by atoms with van der Waals surface area (Å²) >= 11 is 0. The van der Waals surface area contributed by atoms with Crippen LogP contribution in [0.1, 0.15) is 17.0 Å². The first kappa shape index (κ1) is 15.2. The molecule has 2 N–H and O–H groups in total. The molecule has 21 heavy (non-hydrogen) atoms. The maximum absolute atomic E-state index is 12.5. The van der Waals surface area contributed by atoms with Crippen molar-refractivity contribution in [2.45, 2.75) is 18.9 Å². The monoisotopic (exact) mass is 309 g/mol. The second-order valence-electron chi connectivity index (χ2n) is 4.21. The van der Waals surface area contributed by atoms with Crippen molar-refractivity contribution in [1.29, 1.82) is 0 Å². The minimum absolute atomic E-state index is 0.107. The van der Waals surface area contributed by atoms with Crippen LogP contribution in [-0.4, -0.2) is 10.2 Å². The van der Waals surface area contributed by atoms with Crippen molar-refractivity contribution < 1.29 is 26.3 Å². The molecule has 0 amide bonds. The van der Waals surface area contributed by atoms with Gasteiger partial charge in [-0.1, -0.05) is 6.07 Å². The summed E-state index contributed by atoms with van der Waals surface area (Å²) in [5.41, 5.74) is -1.66. The molecule has 0 saturated heterocycles. The molecule has 1 heterocycles. The van der Waals surface area contributed by atoms with E-state index in [1.807, 2.05) is 0 Å². The molecule has 0 aliphatic rings. The molecule has 0 bridgehead atoms. The molecule has 0 aliphatic heterocycles. The highest BCUT2D eigenvalue weighted by molar-refractivity contribution is 5.46. The van der Waals surface area contributed by atoms with E-state index in [-0.39, 0.29) is 17.9 Å². The van der Waals surface area contributed by atoms with Crippen molar-refractivity contribution in [1.82, 2.24) is 10.2 Å². The van der Waals surface area contributed by atoms with Gasteiger partial charge in [0.1, 0.15) is 0 Å². The Bertz CT molecular complexity index is 614. The second kappa shape index (κ2) is 5.30. The van der Waals surface area contributed by atoms with Gasteiger partial charge < -0.3 is 5.32 Å². The number of halogens is 6. The van der Waals surface area contributed by atoms with Crippen LogP contribution in [-0.2, 0) is 18.9 Å². The number of benzene rings is 1. The predicted octanol–water partition coefficient (Wildman–Crippen LogP) is 4.06. The van der Waals surface area contributed by atoms with Gasteiger partial charge in [0, 0.05) is 5.69 Å². The van der Waals surface area contributed by atoms with Crippen LogP contribution in [0, 0.1) is 0 Å². The maximum Gasteiger partial charge on any atom is 0.435 e. The molecule has 0 aliphatic carbocycles. The maximum atomic E-state index is 12.5. The average molecular weight is 309 g/mol. The first-order chi connectivity index (χ1) is 9.66. The molecule has 9 heteroatoms. The fraction of sp³-hybridized carbons (Fsp3) is 0.250. The summed E-state index contributed by atoms with van der Waals surface area (Å²) in [6.45, 7) is -0.107. The molecule has 1 aromatic heterocycles. The van der Waals surface area contributed by atoms with Crippen LogP contribution in [0.2, 0.25) is 0 Å². The van der Waals surface area contributed by atoms with Gasteiger partial charge in [0.2, 0.25) is 0 Å². The van der Waals surface area contributed by atoms with Gasteiger partial charge in [-0.05, 0) is 24.3 Å². The van der Waals surface area contributed by atoms with E-state index in [0.717, 1.165) is 18.2 Å². The Morgan fingerprint density at radius 2 is 1.71 bits per heavy atom. The highest BCUT2D eigenvalue weighted by atomic mass is 19.4. The molecule has 0 spiro atoms. The summed E-state index contributed by atoms with van der Waals surface area (Å²) in [4.78, 5) is 0. The highest BCUT2D eigenvalue weighted by Crippen LogP contribution is 2.31. The molecule has 0 radical (unpaired) electrons. The van der Waals surface area contributed by atoms with Crippen LogP contribution < -0.4 is 5.32 Å². The SMILES string of the molecule is FC(F)(F)c1cccc(NCc2cc(C(F)(F)F)n[nH]2)c1. The van der Waals surface area contributed by atoms with Crippen molar-refractivity contribution >= 4 is 5.69 Å². The molecule has 0 atom stereocenters. The number of rotatable bonds is 3. The summed E-state index contributed by atoms with van der Waals surface area (Å²) in [6.07, 6.45) is -9.04. The van der Waals surface area contributed by atoms with Crippen LogP contribution in [0.5, 0.6) is 0 Å². The molecule has 1 aromatic carbocycles. The van der Waals surface area contributed by atoms with Crippen LogP contribution >= 0.6 is 0 Å². The highest BCUT2D eigenvalue weighted by Gasteiger charge is 2.33. The van der Waals surface area contributed by atoms with Gasteiger partial charge in [-0.15, -0.1) is 0 Å². The summed E-state index contributed by atoms with van der Waals surface area (Å²) in [6, 6.07) is 5.17. The van der Waals surface area contributed by atoms with E-state index in [9.17, 15) is 26.3 Å². The third kappa shape index (κ3) is 3.89. The van der Waals surface area contributed by atoms with E-state index >= 15 is 0 Å². The Morgan fingerprint density at radius 3 is 2.29 bits per heavy atom. The quantitative estimate of drug-likeness (QED) is 0.840. The molecule has 0 unspecified atom stereocenters. The Kier molecular flexibility index (Phi) is 3.84. The predicted molar refractivity (Wildman–Crippen MR) is 62.4 cm³/mol. The molecular formula is C12H9F6N3. The lowest BCUT2D eigenvalue weighted by atomic mass is 10.2. The largest absolute Gasteiger partial charge is 0.435 e. The van der Waals surface area contributed by atoms with Gasteiger partial charge in [-0.25, -0.2) is 0 Å². The Hall–Kier alpha value is -2.19. The molecule has 0 saturated carbocycles.